The normalized spacial score (nSPS) is 12.7. The second-order valence-electron chi connectivity index (χ2n) is 5.38. The molecule has 20 heavy (non-hydrogen) atoms. The second kappa shape index (κ2) is 17.1. The molecule has 0 aliphatic rings. The third-order valence-electron chi connectivity index (χ3n) is 3.35. The largest absolute Gasteiger partial charge is 0.304 e. The van der Waals surface area contributed by atoms with Crippen LogP contribution in [0.1, 0.15) is 90.9 Å². The molecule has 1 atom stereocenters. The molecule has 3 nitrogen and oxygen atoms in total. The van der Waals surface area contributed by atoms with Gasteiger partial charge in [-0.25, -0.2) is 0 Å². The van der Waals surface area contributed by atoms with E-state index in [2.05, 4.69) is 13.8 Å². The Balaban J connectivity index is 3.09. The lowest BCUT2D eigenvalue weighted by Crippen LogP contribution is -2.04. The first-order valence-electron chi connectivity index (χ1n) is 8.49. The molecule has 0 radical (unpaired) electrons. The standard InChI is InChI=1S/C16H34O3S/c1-3-5-7-8-9-10-11-12-14-16-19-20(17)18-15-13-6-4-2/h3-16H2,1-2H3. The van der Waals surface area contributed by atoms with Crippen LogP contribution in [0.2, 0.25) is 0 Å². The van der Waals surface area contributed by atoms with Crippen molar-refractivity contribution in [2.75, 3.05) is 13.2 Å². The van der Waals surface area contributed by atoms with E-state index < -0.39 is 11.4 Å². The zero-order valence-corrected chi connectivity index (χ0v) is 14.3. The van der Waals surface area contributed by atoms with Crippen molar-refractivity contribution in [1.29, 1.82) is 0 Å². The molecular weight excluding hydrogens is 272 g/mol. The molecule has 0 aromatic rings. The lowest BCUT2D eigenvalue weighted by atomic mass is 10.1. The van der Waals surface area contributed by atoms with E-state index in [0.29, 0.717) is 13.2 Å². The van der Waals surface area contributed by atoms with E-state index in [1.54, 1.807) is 0 Å². The smallest absolute Gasteiger partial charge is 0.268 e. The molecule has 1 unspecified atom stereocenters. The van der Waals surface area contributed by atoms with E-state index in [9.17, 15) is 4.21 Å². The number of hydrogen-bond donors (Lipinski definition) is 0. The van der Waals surface area contributed by atoms with Crippen molar-refractivity contribution in [3.05, 3.63) is 0 Å². The average molecular weight is 307 g/mol. The van der Waals surface area contributed by atoms with Crippen molar-refractivity contribution in [3.8, 4) is 0 Å². The fraction of sp³-hybridized carbons (Fsp3) is 1.00. The highest BCUT2D eigenvalue weighted by molar-refractivity contribution is 7.75. The minimum Gasteiger partial charge on any atom is -0.268 e. The summed E-state index contributed by atoms with van der Waals surface area (Å²) < 4.78 is 21.5. The van der Waals surface area contributed by atoms with Crippen LogP contribution in [0.4, 0.5) is 0 Å². The molecule has 0 N–H and O–H groups in total. The first kappa shape index (κ1) is 20.1. The Morgan fingerprint density at radius 2 is 0.950 bits per heavy atom. The molecule has 0 rings (SSSR count). The molecular formula is C16H34O3S. The van der Waals surface area contributed by atoms with E-state index in [1.165, 1.54) is 51.4 Å². The van der Waals surface area contributed by atoms with Crippen LogP contribution < -0.4 is 0 Å². The first-order valence-corrected chi connectivity index (χ1v) is 9.49. The van der Waals surface area contributed by atoms with Crippen molar-refractivity contribution in [1.82, 2.24) is 0 Å². The Morgan fingerprint density at radius 1 is 0.600 bits per heavy atom. The summed E-state index contributed by atoms with van der Waals surface area (Å²) in [5, 5.41) is 0. The fourth-order valence-corrected chi connectivity index (χ4v) is 2.63. The van der Waals surface area contributed by atoms with Crippen LogP contribution in [0, 0.1) is 0 Å². The summed E-state index contributed by atoms with van der Waals surface area (Å²) in [6.45, 7) is 5.48. The highest BCUT2D eigenvalue weighted by atomic mass is 32.2. The zero-order valence-electron chi connectivity index (χ0n) is 13.5. The number of unbranched alkanes of at least 4 members (excludes halogenated alkanes) is 10. The van der Waals surface area contributed by atoms with Crippen LogP contribution >= 0.6 is 0 Å². The molecule has 0 saturated carbocycles. The molecule has 0 aliphatic carbocycles. The van der Waals surface area contributed by atoms with Gasteiger partial charge in [-0.1, -0.05) is 78.1 Å². The van der Waals surface area contributed by atoms with Crippen LogP contribution in [0.3, 0.4) is 0 Å². The van der Waals surface area contributed by atoms with Gasteiger partial charge >= 0.3 is 11.4 Å². The molecule has 0 aliphatic heterocycles. The summed E-state index contributed by atoms with van der Waals surface area (Å²) in [5.41, 5.74) is 0. The zero-order chi connectivity index (χ0) is 14.9. The Kier molecular flexibility index (Phi) is 17.2. The van der Waals surface area contributed by atoms with E-state index in [-0.39, 0.29) is 0 Å². The van der Waals surface area contributed by atoms with Gasteiger partial charge in [0.1, 0.15) is 0 Å². The summed E-state index contributed by atoms with van der Waals surface area (Å²) in [4.78, 5) is 0. The maximum Gasteiger partial charge on any atom is 0.304 e. The molecule has 0 heterocycles. The summed E-state index contributed by atoms with van der Waals surface area (Å²) >= 11 is -1.54. The third-order valence-corrected chi connectivity index (χ3v) is 4.07. The molecule has 0 fully saturated rings. The minimum atomic E-state index is -1.54. The van der Waals surface area contributed by atoms with Gasteiger partial charge in [0.05, 0.1) is 13.2 Å². The first-order chi connectivity index (χ1) is 9.81. The van der Waals surface area contributed by atoms with E-state index in [4.69, 9.17) is 8.37 Å². The predicted molar refractivity (Wildman–Crippen MR) is 86.8 cm³/mol. The van der Waals surface area contributed by atoms with E-state index >= 15 is 0 Å². The van der Waals surface area contributed by atoms with Crippen molar-refractivity contribution in [2.24, 2.45) is 0 Å². The summed E-state index contributed by atoms with van der Waals surface area (Å²) in [5.74, 6) is 0. The van der Waals surface area contributed by atoms with Gasteiger partial charge < -0.3 is 0 Å². The molecule has 0 spiro atoms. The van der Waals surface area contributed by atoms with Gasteiger partial charge in [-0.3, -0.25) is 8.37 Å². The molecule has 4 heteroatoms. The van der Waals surface area contributed by atoms with Gasteiger partial charge in [0.25, 0.3) is 0 Å². The lowest BCUT2D eigenvalue weighted by molar-refractivity contribution is 0.241. The third kappa shape index (κ3) is 16.1. The molecule has 0 bridgehead atoms. The molecule has 0 aromatic heterocycles. The van der Waals surface area contributed by atoms with E-state index in [1.807, 2.05) is 0 Å². The summed E-state index contributed by atoms with van der Waals surface area (Å²) in [6, 6.07) is 0. The molecule has 0 saturated heterocycles. The highest BCUT2D eigenvalue weighted by Gasteiger charge is 2.00. The van der Waals surface area contributed by atoms with Crippen LogP contribution in [0.25, 0.3) is 0 Å². The number of rotatable bonds is 16. The highest BCUT2D eigenvalue weighted by Crippen LogP contribution is 2.09. The van der Waals surface area contributed by atoms with Crippen LogP contribution in [-0.4, -0.2) is 17.4 Å². The van der Waals surface area contributed by atoms with Gasteiger partial charge in [-0.05, 0) is 12.8 Å². The van der Waals surface area contributed by atoms with Gasteiger partial charge in [-0.15, -0.1) is 0 Å². The van der Waals surface area contributed by atoms with E-state index in [0.717, 1.165) is 25.7 Å². The fourth-order valence-electron chi connectivity index (χ4n) is 2.05. The van der Waals surface area contributed by atoms with Crippen molar-refractivity contribution < 1.29 is 12.6 Å². The summed E-state index contributed by atoms with van der Waals surface area (Å²) in [6.07, 6.45) is 14.8. The molecule has 122 valence electrons. The van der Waals surface area contributed by atoms with Crippen LogP contribution in [0.5, 0.6) is 0 Å². The quantitative estimate of drug-likeness (QED) is 0.362. The van der Waals surface area contributed by atoms with Crippen LogP contribution in [-0.2, 0) is 19.7 Å². The molecule has 0 amide bonds. The van der Waals surface area contributed by atoms with Gasteiger partial charge in [0.15, 0.2) is 0 Å². The van der Waals surface area contributed by atoms with Gasteiger partial charge in [-0.2, -0.15) is 4.21 Å². The van der Waals surface area contributed by atoms with Crippen molar-refractivity contribution >= 4 is 11.4 Å². The van der Waals surface area contributed by atoms with Gasteiger partial charge in [0.2, 0.25) is 0 Å². The topological polar surface area (TPSA) is 35.5 Å². The molecule has 0 aromatic carbocycles. The Morgan fingerprint density at radius 3 is 1.45 bits per heavy atom. The maximum atomic E-state index is 11.3. The summed E-state index contributed by atoms with van der Waals surface area (Å²) in [7, 11) is 0. The lowest BCUT2D eigenvalue weighted by Gasteiger charge is -2.04. The second-order valence-corrected chi connectivity index (χ2v) is 6.26. The Labute approximate surface area is 128 Å². The minimum absolute atomic E-state index is 0.540. The number of hydrogen-bond acceptors (Lipinski definition) is 3. The Hall–Kier alpha value is 0.0700. The monoisotopic (exact) mass is 306 g/mol. The average Bonchev–Trinajstić information content (AvgIpc) is 2.45. The van der Waals surface area contributed by atoms with Crippen molar-refractivity contribution in [3.63, 3.8) is 0 Å². The maximum absolute atomic E-state index is 11.3. The van der Waals surface area contributed by atoms with Crippen LogP contribution in [0.15, 0.2) is 0 Å². The van der Waals surface area contributed by atoms with Crippen molar-refractivity contribution in [2.45, 2.75) is 90.9 Å². The Bertz CT molecular complexity index is 210. The van der Waals surface area contributed by atoms with Gasteiger partial charge in [0, 0.05) is 0 Å². The SMILES string of the molecule is CCCCCCCCCCCOS(=O)OCCCCC. The predicted octanol–water partition coefficient (Wildman–Crippen LogP) is 5.32.